The maximum absolute atomic E-state index is 9.12. The topological polar surface area (TPSA) is 152 Å². The molecule has 0 saturated heterocycles. The van der Waals surface area contributed by atoms with Gasteiger partial charge in [0, 0.05) is 24.4 Å². The second-order valence-electron chi connectivity index (χ2n) is 0.552. The molecule has 0 bridgehead atoms. The van der Waals surface area contributed by atoms with Gasteiger partial charge in [0.05, 0.1) is 0 Å². The summed E-state index contributed by atoms with van der Waals surface area (Å²) < 4.78 is 0. The van der Waals surface area contributed by atoms with Gasteiger partial charge < -0.3 is 26.6 Å². The minimum absolute atomic E-state index is 0. The number of aliphatic hydroxyl groups is 1. The van der Waals surface area contributed by atoms with E-state index in [1.54, 1.807) is 0 Å². The molecule has 0 saturated carbocycles. The van der Waals surface area contributed by atoms with Crippen LogP contribution in [0, 0.1) is 0 Å². The molecule has 0 fully saturated rings. The van der Waals surface area contributed by atoms with Crippen LogP contribution in [-0.4, -0.2) is 63.6 Å². The van der Waals surface area contributed by atoms with Crippen LogP contribution in [-0.2, 0) is 4.79 Å². The average molecular weight is 252 g/mol. The number of carbonyl (C=O) groups is 1. The first-order valence-corrected chi connectivity index (χ1v) is 1.10. The summed E-state index contributed by atoms with van der Waals surface area (Å²) in [7, 11) is 0. The van der Waals surface area contributed by atoms with E-state index >= 15 is 0 Å². The number of aliphatic carboxylic acids is 1. The van der Waals surface area contributed by atoms with Crippen molar-refractivity contribution in [2.24, 2.45) is 0 Å². The van der Waals surface area contributed by atoms with Gasteiger partial charge in [-0.3, -0.25) is 0 Å². The average Bonchev–Trinajstić information content (AvgIpc) is 1.38. The fourth-order valence-electron chi connectivity index (χ4n) is 0. The van der Waals surface area contributed by atoms with E-state index in [-0.39, 0.29) is 40.9 Å². The Kier molecular flexibility index (Phi) is 95.3. The molecular weight excluding hydrogens is 242 g/mol. The molecular formula is C2H10O6Sb. The van der Waals surface area contributed by atoms with Crippen LogP contribution >= 0.6 is 0 Å². The Hall–Kier alpha value is 0.128. The van der Waals surface area contributed by atoms with Crippen molar-refractivity contribution in [1.82, 2.24) is 0 Å². The molecule has 0 aliphatic heterocycles. The van der Waals surface area contributed by atoms with Gasteiger partial charge in [-0.25, -0.2) is 4.79 Å². The molecule has 6 nitrogen and oxygen atoms in total. The van der Waals surface area contributed by atoms with E-state index in [0.717, 1.165) is 0 Å². The normalized spacial score (nSPS) is 4.11. The van der Waals surface area contributed by atoms with Gasteiger partial charge >= 0.3 is 5.97 Å². The van der Waals surface area contributed by atoms with Gasteiger partial charge in [0.2, 0.25) is 0 Å². The number of hydrogen-bond donors (Lipinski definition) is 2. The predicted octanol–water partition coefficient (Wildman–Crippen LogP) is -3.79. The molecule has 0 unspecified atom stereocenters. The van der Waals surface area contributed by atoms with Crippen molar-refractivity contribution in [1.29, 1.82) is 0 Å². The zero-order valence-corrected chi connectivity index (χ0v) is 7.01. The van der Waals surface area contributed by atoms with Crippen LogP contribution in [0.2, 0.25) is 0 Å². The summed E-state index contributed by atoms with van der Waals surface area (Å²) in [6.07, 6.45) is 0. The SMILES string of the molecule is O.O.O.O=C(O)CO.[Sb]. The van der Waals surface area contributed by atoms with Crippen LogP contribution in [0.1, 0.15) is 0 Å². The van der Waals surface area contributed by atoms with E-state index in [1.165, 1.54) is 0 Å². The first kappa shape index (κ1) is 35.4. The Labute approximate surface area is 68.9 Å². The quantitative estimate of drug-likeness (QED) is 0.460. The Bertz CT molecular complexity index is 46.3. The van der Waals surface area contributed by atoms with Gasteiger partial charge in [-0.1, -0.05) is 0 Å². The number of aliphatic hydroxyl groups excluding tert-OH is 1. The minimum atomic E-state index is -1.19. The third kappa shape index (κ3) is 67.4. The molecule has 7 heteroatoms. The van der Waals surface area contributed by atoms with Crippen LogP contribution in [0.5, 0.6) is 0 Å². The molecule has 0 atom stereocenters. The first-order chi connectivity index (χ1) is 2.27. The van der Waals surface area contributed by atoms with E-state index < -0.39 is 12.6 Å². The van der Waals surface area contributed by atoms with Crippen molar-refractivity contribution in [3.05, 3.63) is 0 Å². The molecule has 0 rings (SSSR count). The van der Waals surface area contributed by atoms with Crippen LogP contribution < -0.4 is 0 Å². The van der Waals surface area contributed by atoms with Gasteiger partial charge in [0.15, 0.2) is 0 Å². The number of carboxylic acids is 1. The summed E-state index contributed by atoms with van der Waals surface area (Å²) in [6.45, 7) is -0.778. The first-order valence-electron chi connectivity index (χ1n) is 1.10. The van der Waals surface area contributed by atoms with Gasteiger partial charge in [-0.2, -0.15) is 0 Å². The minimum Gasteiger partial charge on any atom is -0.480 e. The molecule has 0 aliphatic carbocycles. The van der Waals surface area contributed by atoms with Crippen LogP contribution in [0.4, 0.5) is 0 Å². The standard InChI is InChI=1S/C2H4O3.3H2O.Sb/c3-1-2(4)5;;;;/h3H,1H2,(H,4,5);3*1H2;. The number of hydrogen-bond acceptors (Lipinski definition) is 2. The zero-order chi connectivity index (χ0) is 4.28. The third-order valence-corrected chi connectivity index (χ3v) is 0.135. The van der Waals surface area contributed by atoms with E-state index in [1.807, 2.05) is 0 Å². The van der Waals surface area contributed by atoms with Gasteiger partial charge in [0.1, 0.15) is 6.61 Å². The van der Waals surface area contributed by atoms with Crippen molar-refractivity contribution in [3.63, 3.8) is 0 Å². The summed E-state index contributed by atoms with van der Waals surface area (Å²) in [5.74, 6) is -1.19. The molecule has 3 radical (unpaired) electrons. The van der Waals surface area contributed by atoms with E-state index in [4.69, 9.17) is 15.0 Å². The monoisotopic (exact) mass is 251 g/mol. The predicted molar refractivity (Wildman–Crippen MR) is 31.3 cm³/mol. The fourth-order valence-corrected chi connectivity index (χ4v) is 0. The Morgan fingerprint density at radius 2 is 1.33 bits per heavy atom. The van der Waals surface area contributed by atoms with Crippen LogP contribution in [0.15, 0.2) is 0 Å². The van der Waals surface area contributed by atoms with E-state index in [2.05, 4.69) is 0 Å². The summed E-state index contributed by atoms with van der Waals surface area (Å²) >= 11 is 0. The molecule has 0 heterocycles. The molecule has 0 aromatic heterocycles. The molecule has 0 aromatic rings. The van der Waals surface area contributed by atoms with Crippen LogP contribution in [0.3, 0.4) is 0 Å². The van der Waals surface area contributed by atoms with Crippen molar-refractivity contribution in [2.75, 3.05) is 6.61 Å². The summed E-state index contributed by atoms with van der Waals surface area (Å²) in [4.78, 5) is 9.12. The smallest absolute Gasteiger partial charge is 0.329 e. The molecule has 0 aliphatic rings. The molecule has 0 aromatic carbocycles. The second kappa shape index (κ2) is 24.2. The Morgan fingerprint density at radius 1 is 1.22 bits per heavy atom. The maximum Gasteiger partial charge on any atom is 0.329 e. The van der Waals surface area contributed by atoms with E-state index in [9.17, 15) is 0 Å². The molecule has 8 N–H and O–H groups in total. The summed E-state index contributed by atoms with van der Waals surface area (Å²) in [5, 5.41) is 15.0. The fraction of sp³-hybridized carbons (Fsp3) is 0.500. The van der Waals surface area contributed by atoms with Gasteiger partial charge in [-0.05, 0) is 0 Å². The second-order valence-corrected chi connectivity index (χ2v) is 0.552. The van der Waals surface area contributed by atoms with Crippen molar-refractivity contribution in [3.8, 4) is 0 Å². The van der Waals surface area contributed by atoms with Gasteiger partial charge in [0.25, 0.3) is 0 Å². The van der Waals surface area contributed by atoms with Crippen molar-refractivity contribution < 1.29 is 31.4 Å². The molecule has 0 spiro atoms. The largest absolute Gasteiger partial charge is 0.480 e. The molecule has 9 heavy (non-hydrogen) atoms. The van der Waals surface area contributed by atoms with Crippen LogP contribution in [0.25, 0.3) is 0 Å². The summed E-state index contributed by atoms with van der Waals surface area (Å²) in [6, 6.07) is 0. The van der Waals surface area contributed by atoms with E-state index in [0.29, 0.717) is 0 Å². The molecule has 59 valence electrons. The van der Waals surface area contributed by atoms with Crippen molar-refractivity contribution in [2.45, 2.75) is 0 Å². The third-order valence-electron chi connectivity index (χ3n) is 0.135. The van der Waals surface area contributed by atoms with Crippen molar-refractivity contribution >= 4 is 30.4 Å². The van der Waals surface area contributed by atoms with Gasteiger partial charge in [-0.15, -0.1) is 0 Å². The number of carboxylic acid groups (broad SMARTS) is 1. The zero-order valence-electron chi connectivity index (χ0n) is 4.46. The summed E-state index contributed by atoms with van der Waals surface area (Å²) in [5.41, 5.74) is 0. The maximum atomic E-state index is 9.12. The Morgan fingerprint density at radius 3 is 1.33 bits per heavy atom. The molecule has 0 amide bonds. The number of rotatable bonds is 1. The Balaban J connectivity index is -0.0000000133.